The van der Waals surface area contributed by atoms with Crippen LogP contribution in [0.3, 0.4) is 0 Å². The molecule has 0 bridgehead atoms. The molecule has 0 aliphatic carbocycles. The topological polar surface area (TPSA) is 78.4 Å². The van der Waals surface area contributed by atoms with Crippen LogP contribution in [0.2, 0.25) is 0 Å². The van der Waals surface area contributed by atoms with Crippen LogP contribution in [0.1, 0.15) is 45.4 Å². The largest absolute Gasteiger partial charge is 0.366 e. The van der Waals surface area contributed by atoms with Gasteiger partial charge in [0.25, 0.3) is 0 Å². The molecule has 7 heteroatoms. The van der Waals surface area contributed by atoms with Crippen LogP contribution in [0, 0.1) is 0 Å². The number of likely N-dealkylation sites (tertiary alicyclic amines) is 2. The van der Waals surface area contributed by atoms with Crippen LogP contribution in [0.15, 0.2) is 18.3 Å². The molecule has 1 N–H and O–H groups in total. The summed E-state index contributed by atoms with van der Waals surface area (Å²) < 4.78 is 0. The van der Waals surface area contributed by atoms with E-state index in [-0.39, 0.29) is 17.9 Å². The predicted octanol–water partition coefficient (Wildman–Crippen LogP) is 1.67. The molecule has 1 aromatic heterocycles. The highest BCUT2D eigenvalue weighted by molar-refractivity contribution is 5.79. The number of anilines is 1. The van der Waals surface area contributed by atoms with E-state index in [9.17, 15) is 9.59 Å². The maximum absolute atomic E-state index is 12.6. The molecule has 0 radical (unpaired) electrons. The number of hydrogen-bond acceptors (Lipinski definition) is 5. The summed E-state index contributed by atoms with van der Waals surface area (Å²) in [6, 6.07) is 4.17. The molecular formula is C18H27N5O2. The molecule has 2 saturated heterocycles. The number of aromatic nitrogens is 2. The SMILES string of the molecule is CC(=O)N1CCCC[C@@H]1CC(=O)N1CCC(Nc2cccnn2)CC1. The van der Waals surface area contributed by atoms with Gasteiger partial charge in [-0.2, -0.15) is 5.10 Å². The van der Waals surface area contributed by atoms with Crippen LogP contribution in [0.5, 0.6) is 0 Å². The molecule has 136 valence electrons. The minimum Gasteiger partial charge on any atom is -0.366 e. The van der Waals surface area contributed by atoms with Gasteiger partial charge in [-0.1, -0.05) is 0 Å². The summed E-state index contributed by atoms with van der Waals surface area (Å²) in [6.45, 7) is 3.90. The van der Waals surface area contributed by atoms with Gasteiger partial charge in [-0.3, -0.25) is 9.59 Å². The zero-order valence-corrected chi connectivity index (χ0v) is 14.9. The highest BCUT2D eigenvalue weighted by Crippen LogP contribution is 2.22. The minimum atomic E-state index is 0.0780. The van der Waals surface area contributed by atoms with E-state index < -0.39 is 0 Å². The van der Waals surface area contributed by atoms with Crippen molar-refractivity contribution in [2.45, 2.75) is 57.5 Å². The summed E-state index contributed by atoms with van der Waals surface area (Å²) in [7, 11) is 0. The highest BCUT2D eigenvalue weighted by atomic mass is 16.2. The third-order valence-electron chi connectivity index (χ3n) is 5.21. The number of nitrogens with one attached hydrogen (secondary N) is 1. The molecule has 3 heterocycles. The Morgan fingerprint density at radius 3 is 2.68 bits per heavy atom. The fourth-order valence-corrected chi connectivity index (χ4v) is 3.82. The Bertz CT molecular complexity index is 586. The number of piperidine rings is 2. The van der Waals surface area contributed by atoms with Gasteiger partial charge < -0.3 is 15.1 Å². The molecule has 2 aliphatic heterocycles. The van der Waals surface area contributed by atoms with Gasteiger partial charge in [-0.15, -0.1) is 5.10 Å². The first-order valence-corrected chi connectivity index (χ1v) is 9.22. The van der Waals surface area contributed by atoms with Crippen LogP contribution >= 0.6 is 0 Å². The van der Waals surface area contributed by atoms with Crippen molar-refractivity contribution < 1.29 is 9.59 Å². The second kappa shape index (κ2) is 8.27. The zero-order valence-electron chi connectivity index (χ0n) is 14.9. The molecule has 7 nitrogen and oxygen atoms in total. The molecule has 0 saturated carbocycles. The Balaban J connectivity index is 1.47. The molecule has 2 aliphatic rings. The van der Waals surface area contributed by atoms with Crippen molar-refractivity contribution in [3.05, 3.63) is 18.3 Å². The lowest BCUT2D eigenvalue weighted by atomic mass is 9.97. The van der Waals surface area contributed by atoms with Crippen molar-refractivity contribution in [3.8, 4) is 0 Å². The van der Waals surface area contributed by atoms with Crippen molar-refractivity contribution in [1.82, 2.24) is 20.0 Å². The fourth-order valence-electron chi connectivity index (χ4n) is 3.82. The predicted molar refractivity (Wildman–Crippen MR) is 94.9 cm³/mol. The molecule has 2 fully saturated rings. The third-order valence-corrected chi connectivity index (χ3v) is 5.21. The van der Waals surface area contributed by atoms with E-state index in [0.717, 1.165) is 57.6 Å². The Kier molecular flexibility index (Phi) is 5.83. The van der Waals surface area contributed by atoms with E-state index in [1.165, 1.54) is 0 Å². The fraction of sp³-hybridized carbons (Fsp3) is 0.667. The number of hydrogen-bond donors (Lipinski definition) is 1. The van der Waals surface area contributed by atoms with Gasteiger partial charge in [0.05, 0.1) is 0 Å². The average molecular weight is 345 g/mol. The number of nitrogens with zero attached hydrogens (tertiary/aromatic N) is 4. The van der Waals surface area contributed by atoms with Crippen LogP contribution in [-0.2, 0) is 9.59 Å². The summed E-state index contributed by atoms with van der Waals surface area (Å²) in [4.78, 5) is 28.2. The first kappa shape index (κ1) is 17.6. The van der Waals surface area contributed by atoms with E-state index in [1.54, 1.807) is 13.1 Å². The standard InChI is InChI=1S/C18H27N5O2/c1-14(24)23-10-3-2-5-16(23)13-18(25)22-11-7-15(8-12-22)20-17-6-4-9-19-21-17/h4,6,9,15-16H,2-3,5,7-8,10-13H2,1H3,(H,20,21)/t16-/m1/s1. The zero-order chi connectivity index (χ0) is 17.6. The lowest BCUT2D eigenvalue weighted by Crippen LogP contribution is -2.48. The normalized spacial score (nSPS) is 21.9. The van der Waals surface area contributed by atoms with Crippen molar-refractivity contribution in [3.63, 3.8) is 0 Å². The van der Waals surface area contributed by atoms with Gasteiger partial charge in [0.1, 0.15) is 5.82 Å². The van der Waals surface area contributed by atoms with Gasteiger partial charge in [0.2, 0.25) is 11.8 Å². The smallest absolute Gasteiger partial charge is 0.224 e. The Labute approximate surface area is 148 Å². The van der Waals surface area contributed by atoms with Crippen LogP contribution in [0.25, 0.3) is 0 Å². The summed E-state index contributed by atoms with van der Waals surface area (Å²) in [6.07, 6.45) is 7.02. The first-order valence-electron chi connectivity index (χ1n) is 9.22. The summed E-state index contributed by atoms with van der Waals surface area (Å²) in [5, 5.41) is 11.3. The minimum absolute atomic E-state index is 0.0780. The lowest BCUT2D eigenvalue weighted by molar-refractivity contribution is -0.137. The van der Waals surface area contributed by atoms with Gasteiger partial charge >= 0.3 is 0 Å². The number of carbonyl (C=O) groups is 2. The van der Waals surface area contributed by atoms with Crippen LogP contribution in [-0.4, -0.2) is 63.5 Å². The van der Waals surface area contributed by atoms with Crippen molar-refractivity contribution in [2.75, 3.05) is 25.0 Å². The Hall–Kier alpha value is -2.18. The van der Waals surface area contributed by atoms with Crippen molar-refractivity contribution >= 4 is 17.6 Å². The van der Waals surface area contributed by atoms with Gasteiger partial charge in [0, 0.05) is 51.3 Å². The highest BCUT2D eigenvalue weighted by Gasteiger charge is 2.29. The molecule has 2 amide bonds. The monoisotopic (exact) mass is 345 g/mol. The Morgan fingerprint density at radius 1 is 1.20 bits per heavy atom. The summed E-state index contributed by atoms with van der Waals surface area (Å²) in [5.41, 5.74) is 0. The average Bonchev–Trinajstić information content (AvgIpc) is 2.63. The summed E-state index contributed by atoms with van der Waals surface area (Å²) >= 11 is 0. The van der Waals surface area contributed by atoms with Crippen LogP contribution < -0.4 is 5.32 Å². The second-order valence-electron chi connectivity index (χ2n) is 6.97. The molecule has 3 rings (SSSR count). The molecule has 0 unspecified atom stereocenters. The maximum atomic E-state index is 12.6. The first-order chi connectivity index (χ1) is 12.1. The van der Waals surface area contributed by atoms with Gasteiger partial charge in [0.15, 0.2) is 0 Å². The molecule has 0 aromatic carbocycles. The van der Waals surface area contributed by atoms with E-state index in [0.29, 0.717) is 12.5 Å². The summed E-state index contributed by atoms with van der Waals surface area (Å²) in [5.74, 6) is 1.05. The van der Waals surface area contributed by atoms with E-state index in [4.69, 9.17) is 0 Å². The van der Waals surface area contributed by atoms with Gasteiger partial charge in [-0.05, 0) is 44.2 Å². The third kappa shape index (κ3) is 4.67. The second-order valence-corrected chi connectivity index (χ2v) is 6.97. The molecule has 1 aromatic rings. The number of amides is 2. The number of carbonyl (C=O) groups excluding carboxylic acids is 2. The Morgan fingerprint density at radius 2 is 2.00 bits per heavy atom. The van der Waals surface area contributed by atoms with E-state index >= 15 is 0 Å². The lowest BCUT2D eigenvalue weighted by Gasteiger charge is -2.37. The van der Waals surface area contributed by atoms with E-state index in [2.05, 4.69) is 15.5 Å². The quantitative estimate of drug-likeness (QED) is 0.898. The van der Waals surface area contributed by atoms with Gasteiger partial charge in [-0.25, -0.2) is 0 Å². The molecular weight excluding hydrogens is 318 g/mol. The number of rotatable bonds is 4. The van der Waals surface area contributed by atoms with Crippen molar-refractivity contribution in [2.24, 2.45) is 0 Å². The molecule has 1 atom stereocenters. The molecule has 0 spiro atoms. The van der Waals surface area contributed by atoms with Crippen molar-refractivity contribution in [1.29, 1.82) is 0 Å². The van der Waals surface area contributed by atoms with E-state index in [1.807, 2.05) is 21.9 Å². The maximum Gasteiger partial charge on any atom is 0.224 e. The van der Waals surface area contributed by atoms with Crippen LogP contribution in [0.4, 0.5) is 5.82 Å². The molecule has 25 heavy (non-hydrogen) atoms.